The molecular weight excluding hydrogens is 431 g/mol. The van der Waals surface area contributed by atoms with E-state index in [1.165, 1.54) is 5.56 Å². The van der Waals surface area contributed by atoms with E-state index in [1.54, 1.807) is 14.2 Å². The van der Waals surface area contributed by atoms with E-state index >= 15 is 0 Å². The number of halogens is 3. The molecule has 1 N–H and O–H groups in total. The first-order valence-corrected chi connectivity index (χ1v) is 10.3. The number of carboxylic acids is 1. The lowest BCUT2D eigenvalue weighted by atomic mass is 10.1. The van der Waals surface area contributed by atoms with Crippen molar-refractivity contribution in [2.24, 2.45) is 0 Å². The van der Waals surface area contributed by atoms with Crippen molar-refractivity contribution in [2.75, 3.05) is 40.5 Å². The number of rotatable bonds is 8. The number of ether oxygens (including phenoxy) is 4. The zero-order valence-electron chi connectivity index (χ0n) is 18.3. The van der Waals surface area contributed by atoms with Crippen molar-refractivity contribution in [3.63, 3.8) is 0 Å². The fourth-order valence-corrected chi connectivity index (χ4v) is 3.95. The number of hydrogen-bond donors (Lipinski definition) is 1. The Morgan fingerprint density at radius 1 is 1.28 bits per heavy atom. The molecule has 3 atom stereocenters. The van der Waals surface area contributed by atoms with Gasteiger partial charge in [0.25, 0.3) is 0 Å². The molecule has 1 saturated carbocycles. The molecule has 1 heterocycles. The van der Waals surface area contributed by atoms with Gasteiger partial charge in [0.15, 0.2) is 11.5 Å². The lowest BCUT2D eigenvalue weighted by Gasteiger charge is -2.39. The summed E-state index contributed by atoms with van der Waals surface area (Å²) in [7, 11) is 3.34. The Morgan fingerprint density at radius 3 is 2.56 bits per heavy atom. The number of carboxylic acid groups (broad SMARTS) is 1. The second kappa shape index (κ2) is 12.1. The van der Waals surface area contributed by atoms with Gasteiger partial charge in [-0.15, -0.1) is 6.58 Å². The largest absolute Gasteiger partial charge is 0.493 e. The summed E-state index contributed by atoms with van der Waals surface area (Å²) in [4.78, 5) is 11.5. The molecule has 2 fully saturated rings. The van der Waals surface area contributed by atoms with Gasteiger partial charge in [-0.05, 0) is 37.0 Å². The Morgan fingerprint density at radius 2 is 1.97 bits per heavy atom. The standard InChI is InChI=1S/C20H29NO4.C2HF3O2/c1-4-12-24-18-8-6-16-20(18)25-13-11-21(16)10-9-15-5-7-17(22-2)19(14-15)23-3;3-2(4,5)1(6)7/h4-5,7,14,16,18,20H,1,6,8-13H2,2-3H3;(H,6,7)/t16-,18+,20+;/m0./s1. The van der Waals surface area contributed by atoms with Crippen LogP contribution in [0.15, 0.2) is 30.9 Å². The summed E-state index contributed by atoms with van der Waals surface area (Å²) in [6.45, 7) is 7.12. The van der Waals surface area contributed by atoms with Gasteiger partial charge in [0, 0.05) is 19.1 Å². The molecule has 7 nitrogen and oxygen atoms in total. The molecule has 0 unspecified atom stereocenters. The first-order valence-electron chi connectivity index (χ1n) is 10.3. The predicted octanol–water partition coefficient (Wildman–Crippen LogP) is 3.31. The molecule has 0 bridgehead atoms. The Balaban J connectivity index is 0.000000451. The van der Waals surface area contributed by atoms with E-state index in [4.69, 9.17) is 28.8 Å². The number of carbonyl (C=O) groups is 1. The molecule has 1 aromatic carbocycles. The van der Waals surface area contributed by atoms with Crippen LogP contribution in [0.2, 0.25) is 0 Å². The number of nitrogens with zero attached hydrogens (tertiary/aromatic N) is 1. The molecule has 180 valence electrons. The van der Waals surface area contributed by atoms with E-state index in [2.05, 4.69) is 23.6 Å². The van der Waals surface area contributed by atoms with Crippen LogP contribution in [-0.4, -0.2) is 80.9 Å². The molecule has 32 heavy (non-hydrogen) atoms. The van der Waals surface area contributed by atoms with Crippen molar-refractivity contribution in [1.29, 1.82) is 0 Å². The lowest BCUT2D eigenvalue weighted by Crippen LogP contribution is -2.52. The fourth-order valence-electron chi connectivity index (χ4n) is 3.95. The second-order valence-electron chi connectivity index (χ2n) is 7.42. The summed E-state index contributed by atoms with van der Waals surface area (Å²) in [6.07, 6.45) is 0.312. The van der Waals surface area contributed by atoms with Crippen molar-refractivity contribution >= 4 is 5.97 Å². The number of morpholine rings is 1. The zero-order chi connectivity index (χ0) is 23.7. The Labute approximate surface area is 185 Å². The maximum absolute atomic E-state index is 10.6. The highest BCUT2D eigenvalue weighted by Gasteiger charge is 2.43. The minimum Gasteiger partial charge on any atom is -0.493 e. The average Bonchev–Trinajstić information content (AvgIpc) is 3.19. The number of alkyl halides is 3. The predicted molar refractivity (Wildman–Crippen MR) is 111 cm³/mol. The third-order valence-electron chi connectivity index (χ3n) is 5.46. The normalized spacial score (nSPS) is 23.0. The van der Waals surface area contributed by atoms with Crippen LogP contribution in [0.3, 0.4) is 0 Å². The van der Waals surface area contributed by atoms with Crippen molar-refractivity contribution in [2.45, 2.75) is 43.7 Å². The quantitative estimate of drug-likeness (QED) is 0.595. The maximum Gasteiger partial charge on any atom is 0.490 e. The molecule has 0 amide bonds. The smallest absolute Gasteiger partial charge is 0.490 e. The van der Waals surface area contributed by atoms with E-state index in [1.807, 2.05) is 12.1 Å². The fraction of sp³-hybridized carbons (Fsp3) is 0.591. The molecule has 3 rings (SSSR count). The van der Waals surface area contributed by atoms with E-state index in [9.17, 15) is 13.2 Å². The molecule has 1 saturated heterocycles. The van der Waals surface area contributed by atoms with Crippen LogP contribution >= 0.6 is 0 Å². The summed E-state index contributed by atoms with van der Waals surface area (Å²) >= 11 is 0. The third kappa shape index (κ3) is 7.11. The highest BCUT2D eigenvalue weighted by Crippen LogP contribution is 2.33. The molecule has 1 aromatic rings. The van der Waals surface area contributed by atoms with Crippen molar-refractivity contribution < 1.29 is 42.0 Å². The molecule has 10 heteroatoms. The minimum atomic E-state index is -5.08. The highest BCUT2D eigenvalue weighted by molar-refractivity contribution is 5.73. The molecule has 1 aliphatic heterocycles. The summed E-state index contributed by atoms with van der Waals surface area (Å²) < 4.78 is 54.4. The van der Waals surface area contributed by atoms with E-state index in [-0.39, 0.29) is 12.2 Å². The summed E-state index contributed by atoms with van der Waals surface area (Å²) in [6, 6.07) is 6.62. The van der Waals surface area contributed by atoms with Gasteiger partial charge in [0.05, 0.1) is 39.6 Å². The summed E-state index contributed by atoms with van der Waals surface area (Å²) in [5.74, 6) is -1.19. The number of fused-ring (bicyclic) bond motifs is 1. The number of hydrogen-bond acceptors (Lipinski definition) is 6. The van der Waals surface area contributed by atoms with Crippen LogP contribution in [0.5, 0.6) is 11.5 Å². The summed E-state index contributed by atoms with van der Waals surface area (Å²) in [5, 5.41) is 7.12. The number of methoxy groups -OCH3 is 2. The number of benzene rings is 1. The molecule has 0 radical (unpaired) electrons. The lowest BCUT2D eigenvalue weighted by molar-refractivity contribution is -0.192. The maximum atomic E-state index is 10.6. The average molecular weight is 461 g/mol. The van der Waals surface area contributed by atoms with Gasteiger partial charge in [-0.25, -0.2) is 4.79 Å². The molecule has 2 aliphatic rings. The van der Waals surface area contributed by atoms with Crippen LogP contribution in [0, 0.1) is 0 Å². The van der Waals surface area contributed by atoms with Crippen LogP contribution in [0.25, 0.3) is 0 Å². The Bertz CT molecular complexity index is 758. The summed E-state index contributed by atoms with van der Waals surface area (Å²) in [5.41, 5.74) is 1.26. The van der Waals surface area contributed by atoms with Gasteiger partial charge in [0.1, 0.15) is 0 Å². The minimum absolute atomic E-state index is 0.194. The van der Waals surface area contributed by atoms with Crippen molar-refractivity contribution in [1.82, 2.24) is 4.90 Å². The van der Waals surface area contributed by atoms with Crippen molar-refractivity contribution in [3.8, 4) is 11.5 Å². The van der Waals surface area contributed by atoms with Gasteiger partial charge < -0.3 is 24.1 Å². The number of aliphatic carboxylic acids is 1. The monoisotopic (exact) mass is 461 g/mol. The van der Waals surface area contributed by atoms with Crippen LogP contribution in [0.1, 0.15) is 18.4 Å². The van der Waals surface area contributed by atoms with Gasteiger partial charge in [-0.3, -0.25) is 4.90 Å². The van der Waals surface area contributed by atoms with E-state index in [0.29, 0.717) is 12.6 Å². The zero-order valence-corrected chi connectivity index (χ0v) is 18.3. The topological polar surface area (TPSA) is 77.5 Å². The van der Waals surface area contributed by atoms with Crippen molar-refractivity contribution in [3.05, 3.63) is 36.4 Å². The van der Waals surface area contributed by atoms with Gasteiger partial charge in [-0.2, -0.15) is 13.2 Å². The van der Waals surface area contributed by atoms with Gasteiger partial charge in [0.2, 0.25) is 0 Å². The molecule has 0 aromatic heterocycles. The Kier molecular flexibility index (Phi) is 9.80. The first kappa shape index (κ1) is 26.0. The molecule has 0 spiro atoms. The highest BCUT2D eigenvalue weighted by atomic mass is 19.4. The second-order valence-corrected chi connectivity index (χ2v) is 7.42. The van der Waals surface area contributed by atoms with E-state index < -0.39 is 12.1 Å². The molecule has 1 aliphatic carbocycles. The van der Waals surface area contributed by atoms with Crippen LogP contribution in [0.4, 0.5) is 13.2 Å². The SMILES string of the molecule is C=CCO[C@@H]1CC[C@H]2[C@H]1OCCN2CCc1ccc(OC)c(OC)c1.O=C(O)C(F)(F)F. The van der Waals surface area contributed by atoms with Gasteiger partial charge >= 0.3 is 12.1 Å². The first-order chi connectivity index (χ1) is 15.2. The van der Waals surface area contributed by atoms with E-state index in [0.717, 1.165) is 50.5 Å². The van der Waals surface area contributed by atoms with Crippen LogP contribution < -0.4 is 9.47 Å². The van der Waals surface area contributed by atoms with Gasteiger partial charge in [-0.1, -0.05) is 12.1 Å². The molecular formula is C22H30F3NO6. The third-order valence-corrected chi connectivity index (χ3v) is 5.46. The van der Waals surface area contributed by atoms with Crippen LogP contribution in [-0.2, 0) is 20.7 Å². The Hall–Kier alpha value is -2.30.